The van der Waals surface area contributed by atoms with E-state index in [9.17, 15) is 19.8 Å². The molecule has 0 saturated heterocycles. The summed E-state index contributed by atoms with van der Waals surface area (Å²) in [7, 11) is 0. The van der Waals surface area contributed by atoms with Gasteiger partial charge in [0.2, 0.25) is 11.8 Å². The third-order valence-corrected chi connectivity index (χ3v) is 2.55. The van der Waals surface area contributed by atoms with Crippen molar-refractivity contribution in [3.05, 3.63) is 12.1 Å². The second-order valence-electron chi connectivity index (χ2n) is 5.38. The maximum absolute atomic E-state index is 11.4. The molecule has 1 rings (SSSR count). The van der Waals surface area contributed by atoms with Crippen LogP contribution in [0.5, 0.6) is 11.8 Å². The highest BCUT2D eigenvalue weighted by molar-refractivity contribution is 5.69. The van der Waals surface area contributed by atoms with Crippen molar-refractivity contribution in [3.63, 3.8) is 0 Å². The van der Waals surface area contributed by atoms with Gasteiger partial charge in [-0.2, -0.15) is 0 Å². The fourth-order valence-corrected chi connectivity index (χ4v) is 1.48. The normalized spacial score (nSPS) is 12.0. The topological polar surface area (TPSA) is 107 Å². The van der Waals surface area contributed by atoms with Crippen LogP contribution in [0.15, 0.2) is 12.1 Å². The lowest BCUT2D eigenvalue weighted by atomic mass is 10.1. The van der Waals surface area contributed by atoms with E-state index in [-0.39, 0.29) is 31.0 Å². The first-order valence-electron chi connectivity index (χ1n) is 6.90. The summed E-state index contributed by atoms with van der Waals surface area (Å²) < 4.78 is 10.4. The first kappa shape index (κ1) is 17.7. The van der Waals surface area contributed by atoms with Gasteiger partial charge in [0.15, 0.2) is 0 Å². The van der Waals surface area contributed by atoms with Crippen LogP contribution in [0, 0.1) is 11.8 Å². The fourth-order valence-electron chi connectivity index (χ4n) is 1.48. The lowest BCUT2D eigenvalue weighted by Crippen LogP contribution is -2.24. The minimum atomic E-state index is -1.10. The fraction of sp³-hybridized carbons (Fsp3) is 0.571. The van der Waals surface area contributed by atoms with E-state index in [1.165, 1.54) is 0 Å². The van der Waals surface area contributed by atoms with Crippen LogP contribution in [0.4, 0.5) is 4.79 Å². The molecule has 1 unspecified atom stereocenters. The van der Waals surface area contributed by atoms with Crippen LogP contribution in [-0.2, 0) is 14.3 Å². The number of carbonyl (C=O) groups is 2. The molecule has 0 amide bonds. The first-order chi connectivity index (χ1) is 10.3. The molecule has 0 aromatic carbocycles. The molecule has 0 aliphatic heterocycles. The molecule has 1 aromatic rings. The number of ether oxygens (including phenoxy) is 2. The number of carbonyl (C=O) groups excluding carboxylic acids is 2. The van der Waals surface area contributed by atoms with E-state index in [4.69, 9.17) is 9.47 Å². The third kappa shape index (κ3) is 5.94. The molecule has 0 spiro atoms. The van der Waals surface area contributed by atoms with E-state index in [1.54, 1.807) is 6.92 Å². The molecule has 2 N–H and O–H groups in total. The summed E-state index contributed by atoms with van der Waals surface area (Å²) in [5.41, 5.74) is 0. The smallest absolute Gasteiger partial charge is 0.492 e. The molecule has 124 valence electrons. The van der Waals surface area contributed by atoms with E-state index in [1.807, 2.05) is 13.8 Å². The highest BCUT2D eigenvalue weighted by Crippen LogP contribution is 2.18. The van der Waals surface area contributed by atoms with Crippen molar-refractivity contribution in [2.75, 3.05) is 13.2 Å². The van der Waals surface area contributed by atoms with Gasteiger partial charge in [0.05, 0.1) is 6.61 Å². The molecule has 1 aromatic heterocycles. The number of hydrogen-bond acceptors (Lipinski definition) is 7. The van der Waals surface area contributed by atoms with Crippen molar-refractivity contribution < 1.29 is 34.1 Å². The second kappa shape index (κ2) is 8.16. The maximum atomic E-state index is 11.4. The Bertz CT molecular complexity index is 490. The zero-order chi connectivity index (χ0) is 16.7. The molecular weight excluding hydrogens is 294 g/mol. The molecule has 8 nitrogen and oxygen atoms in total. The Hall–Kier alpha value is -2.38. The van der Waals surface area contributed by atoms with Gasteiger partial charge in [-0.3, -0.25) is 9.63 Å². The third-order valence-electron chi connectivity index (χ3n) is 2.55. The number of hydrogen-bond donors (Lipinski definition) is 2. The van der Waals surface area contributed by atoms with Gasteiger partial charge in [-0.05, 0) is 5.92 Å². The molecule has 0 saturated carbocycles. The average Bonchev–Trinajstić information content (AvgIpc) is 2.74. The summed E-state index contributed by atoms with van der Waals surface area (Å²) in [5, 5.41) is 18.6. The lowest BCUT2D eigenvalue weighted by Gasteiger charge is -2.13. The quantitative estimate of drug-likeness (QED) is 0.737. The molecule has 8 heteroatoms. The molecule has 1 atom stereocenters. The molecular formula is C14H21NO7. The largest absolute Gasteiger partial charge is 0.533 e. The van der Waals surface area contributed by atoms with Crippen LogP contribution in [-0.4, -0.2) is 40.3 Å². The number of aromatic nitrogens is 1. The van der Waals surface area contributed by atoms with Crippen molar-refractivity contribution in [1.29, 1.82) is 0 Å². The summed E-state index contributed by atoms with van der Waals surface area (Å²) in [6.45, 7) is 5.65. The van der Waals surface area contributed by atoms with Crippen molar-refractivity contribution in [2.45, 2.75) is 27.2 Å². The molecule has 0 radical (unpaired) electrons. The van der Waals surface area contributed by atoms with Crippen molar-refractivity contribution >= 4 is 12.1 Å². The maximum Gasteiger partial charge on any atom is 0.533 e. The Morgan fingerprint density at radius 1 is 1.09 bits per heavy atom. The summed E-state index contributed by atoms with van der Waals surface area (Å²) in [5.74, 6) is -1.17. The van der Waals surface area contributed by atoms with E-state index in [2.05, 4.69) is 4.84 Å². The Labute approximate surface area is 128 Å². The van der Waals surface area contributed by atoms with E-state index in [0.29, 0.717) is 11.2 Å². The van der Waals surface area contributed by atoms with Crippen molar-refractivity contribution in [1.82, 2.24) is 4.73 Å². The first-order valence-corrected chi connectivity index (χ1v) is 6.90. The molecule has 0 bridgehead atoms. The van der Waals surface area contributed by atoms with Crippen LogP contribution in [0.1, 0.15) is 27.2 Å². The Balaban J connectivity index is 2.27. The van der Waals surface area contributed by atoms with Gasteiger partial charge >= 0.3 is 12.1 Å². The number of aromatic hydroxyl groups is 2. The van der Waals surface area contributed by atoms with E-state index < -0.39 is 17.9 Å². The van der Waals surface area contributed by atoms with Crippen LogP contribution >= 0.6 is 0 Å². The Morgan fingerprint density at radius 2 is 1.64 bits per heavy atom. The van der Waals surface area contributed by atoms with Gasteiger partial charge in [0.1, 0.15) is 6.61 Å². The Kier molecular flexibility index (Phi) is 6.55. The van der Waals surface area contributed by atoms with Crippen molar-refractivity contribution in [3.8, 4) is 11.8 Å². The summed E-state index contributed by atoms with van der Waals surface area (Å²) >= 11 is 0. The molecule has 0 fully saturated rings. The van der Waals surface area contributed by atoms with Gasteiger partial charge in [-0.25, -0.2) is 4.79 Å². The second-order valence-corrected chi connectivity index (χ2v) is 5.38. The predicted molar refractivity (Wildman–Crippen MR) is 75.3 cm³/mol. The van der Waals surface area contributed by atoms with Gasteiger partial charge in [0, 0.05) is 24.5 Å². The summed E-state index contributed by atoms with van der Waals surface area (Å²) in [6.07, 6.45) is -0.760. The van der Waals surface area contributed by atoms with Gasteiger partial charge in [-0.1, -0.05) is 20.8 Å². The summed E-state index contributed by atoms with van der Waals surface area (Å²) in [6, 6.07) is 2.30. The minimum Gasteiger partial charge on any atom is -0.492 e. The van der Waals surface area contributed by atoms with Crippen LogP contribution in [0.25, 0.3) is 0 Å². The minimum absolute atomic E-state index is 0.0312. The Morgan fingerprint density at radius 3 is 2.18 bits per heavy atom. The van der Waals surface area contributed by atoms with Crippen LogP contribution in [0.3, 0.4) is 0 Å². The van der Waals surface area contributed by atoms with E-state index >= 15 is 0 Å². The van der Waals surface area contributed by atoms with Gasteiger partial charge in [-0.15, -0.1) is 4.73 Å². The SMILES string of the molecule is CC(C)CC(=O)OCC(C)COC(=O)On1c(O)ccc1O. The molecule has 0 aliphatic rings. The van der Waals surface area contributed by atoms with Crippen molar-refractivity contribution in [2.24, 2.45) is 11.8 Å². The highest BCUT2D eigenvalue weighted by atomic mass is 16.8. The number of esters is 1. The number of rotatable bonds is 7. The van der Waals surface area contributed by atoms with Crippen LogP contribution in [0.2, 0.25) is 0 Å². The predicted octanol–water partition coefficient (Wildman–Crippen LogP) is 1.69. The highest BCUT2D eigenvalue weighted by Gasteiger charge is 2.15. The molecule has 1 heterocycles. The standard InChI is InChI=1S/C14H21NO7/c1-9(2)6-13(18)20-7-10(3)8-21-14(19)22-15-11(16)4-5-12(15)17/h4-5,9-10,16-17H,6-8H2,1-3H3. The molecule has 22 heavy (non-hydrogen) atoms. The average molecular weight is 315 g/mol. The lowest BCUT2D eigenvalue weighted by molar-refractivity contribution is -0.146. The summed E-state index contributed by atoms with van der Waals surface area (Å²) in [4.78, 5) is 27.4. The van der Waals surface area contributed by atoms with E-state index in [0.717, 1.165) is 12.1 Å². The van der Waals surface area contributed by atoms with Gasteiger partial charge < -0.3 is 19.7 Å². The zero-order valence-electron chi connectivity index (χ0n) is 12.8. The zero-order valence-corrected chi connectivity index (χ0v) is 12.8. The monoisotopic (exact) mass is 315 g/mol. The number of nitrogens with zero attached hydrogens (tertiary/aromatic N) is 1. The molecule has 0 aliphatic carbocycles. The van der Waals surface area contributed by atoms with Gasteiger partial charge in [0.25, 0.3) is 0 Å². The van der Waals surface area contributed by atoms with Crippen LogP contribution < -0.4 is 4.84 Å².